The molecular formula is C24H29F4N5O2. The van der Waals surface area contributed by atoms with Crippen molar-refractivity contribution in [2.45, 2.75) is 70.2 Å². The van der Waals surface area contributed by atoms with Crippen molar-refractivity contribution in [3.05, 3.63) is 29.3 Å². The number of aromatic nitrogens is 3. The SMILES string of the molecule is Cc1cc(-c2nnc(N[C@H]3CC[C@](O)(CF)C3)o2)nc2c(C(C)(C)C)cc(NCC(F)(F)F)cc12. The van der Waals surface area contributed by atoms with Gasteiger partial charge in [0.25, 0.3) is 5.89 Å². The van der Waals surface area contributed by atoms with Crippen molar-refractivity contribution in [3.8, 4) is 11.6 Å². The van der Waals surface area contributed by atoms with Crippen LogP contribution in [-0.2, 0) is 5.41 Å². The third kappa shape index (κ3) is 5.66. The number of aliphatic hydroxyl groups is 1. The Labute approximate surface area is 200 Å². The number of aryl methyl sites for hydroxylation is 1. The van der Waals surface area contributed by atoms with Crippen molar-refractivity contribution in [2.75, 3.05) is 23.9 Å². The Balaban J connectivity index is 1.66. The highest BCUT2D eigenvalue weighted by molar-refractivity contribution is 5.90. The van der Waals surface area contributed by atoms with Gasteiger partial charge < -0.3 is 20.2 Å². The summed E-state index contributed by atoms with van der Waals surface area (Å²) < 4.78 is 57.1. The summed E-state index contributed by atoms with van der Waals surface area (Å²) >= 11 is 0. The molecule has 0 aliphatic heterocycles. The molecule has 190 valence electrons. The first-order chi connectivity index (χ1) is 16.3. The zero-order valence-corrected chi connectivity index (χ0v) is 20.1. The molecule has 1 fully saturated rings. The second-order valence-electron chi connectivity index (χ2n) is 10.3. The number of halogens is 4. The molecule has 1 aromatic carbocycles. The summed E-state index contributed by atoms with van der Waals surface area (Å²) in [6, 6.07) is 5.06. The molecule has 2 aromatic heterocycles. The van der Waals surface area contributed by atoms with Crippen LogP contribution in [0.2, 0.25) is 0 Å². The lowest BCUT2D eigenvalue weighted by atomic mass is 9.84. The minimum atomic E-state index is -4.33. The second-order valence-corrected chi connectivity index (χ2v) is 10.3. The van der Waals surface area contributed by atoms with E-state index in [9.17, 15) is 22.7 Å². The molecule has 7 nitrogen and oxygen atoms in total. The molecule has 0 unspecified atom stereocenters. The van der Waals surface area contributed by atoms with Gasteiger partial charge in [0.1, 0.15) is 18.9 Å². The number of fused-ring (bicyclic) bond motifs is 1. The molecule has 1 saturated carbocycles. The molecule has 0 amide bonds. The van der Waals surface area contributed by atoms with Gasteiger partial charge in [-0.3, -0.25) is 0 Å². The fourth-order valence-electron chi connectivity index (χ4n) is 4.39. The first-order valence-electron chi connectivity index (χ1n) is 11.4. The van der Waals surface area contributed by atoms with E-state index in [0.717, 1.165) is 16.5 Å². The van der Waals surface area contributed by atoms with Crippen molar-refractivity contribution in [1.29, 1.82) is 0 Å². The van der Waals surface area contributed by atoms with Crippen LogP contribution in [0.15, 0.2) is 22.6 Å². The fourth-order valence-corrected chi connectivity index (χ4v) is 4.39. The summed E-state index contributed by atoms with van der Waals surface area (Å²) in [5.74, 6) is 0.176. The summed E-state index contributed by atoms with van der Waals surface area (Å²) in [5, 5.41) is 24.4. The van der Waals surface area contributed by atoms with Gasteiger partial charge in [0.2, 0.25) is 0 Å². The molecule has 3 N–H and O–H groups in total. The highest BCUT2D eigenvalue weighted by Gasteiger charge is 2.38. The summed E-state index contributed by atoms with van der Waals surface area (Å²) in [7, 11) is 0. The number of nitrogens with one attached hydrogen (secondary N) is 2. The maximum Gasteiger partial charge on any atom is 0.405 e. The molecule has 4 rings (SSSR count). The largest absolute Gasteiger partial charge is 0.405 e. The lowest BCUT2D eigenvalue weighted by Crippen LogP contribution is -2.29. The van der Waals surface area contributed by atoms with Crippen LogP contribution in [0, 0.1) is 6.92 Å². The zero-order valence-electron chi connectivity index (χ0n) is 20.1. The van der Waals surface area contributed by atoms with Gasteiger partial charge in [0.15, 0.2) is 0 Å². The molecule has 0 radical (unpaired) electrons. The Kier molecular flexibility index (Phi) is 6.41. The molecule has 1 aliphatic rings. The lowest BCUT2D eigenvalue weighted by molar-refractivity contribution is -0.115. The third-order valence-corrected chi connectivity index (χ3v) is 6.23. The van der Waals surface area contributed by atoms with E-state index in [-0.39, 0.29) is 24.4 Å². The molecule has 0 spiro atoms. The van der Waals surface area contributed by atoms with Gasteiger partial charge in [0, 0.05) is 17.1 Å². The standard InChI is InChI=1S/C24H29F4N5O2/c1-13-7-18(20-32-33-21(35-20)30-14-5-6-23(34,10-14)11-25)31-19-16(13)8-15(29-12-24(26,27)28)9-17(19)22(2,3)4/h7-9,14,29,34H,5-6,10-12H2,1-4H3,(H,30,33)/t14-,23+/m0/s1. The van der Waals surface area contributed by atoms with E-state index in [1.54, 1.807) is 18.2 Å². The van der Waals surface area contributed by atoms with Gasteiger partial charge in [-0.2, -0.15) is 13.2 Å². The maximum atomic E-state index is 13.0. The Morgan fingerprint density at radius 2 is 1.91 bits per heavy atom. The van der Waals surface area contributed by atoms with Crippen molar-refractivity contribution >= 4 is 22.6 Å². The molecule has 3 aromatic rings. The van der Waals surface area contributed by atoms with E-state index in [1.807, 2.05) is 27.7 Å². The van der Waals surface area contributed by atoms with E-state index in [0.29, 0.717) is 29.7 Å². The average molecular weight is 496 g/mol. The van der Waals surface area contributed by atoms with Crippen molar-refractivity contribution in [3.63, 3.8) is 0 Å². The zero-order chi connectivity index (χ0) is 25.6. The van der Waals surface area contributed by atoms with Crippen LogP contribution in [0.1, 0.15) is 51.2 Å². The first kappa shape index (κ1) is 25.2. The maximum absolute atomic E-state index is 13.0. The number of nitrogens with zero attached hydrogens (tertiary/aromatic N) is 3. The molecule has 11 heteroatoms. The Morgan fingerprint density at radius 1 is 1.17 bits per heavy atom. The Bertz CT molecular complexity index is 1220. The summed E-state index contributed by atoms with van der Waals surface area (Å²) in [4.78, 5) is 4.74. The monoisotopic (exact) mass is 495 g/mol. The Hall–Kier alpha value is -2.95. The second kappa shape index (κ2) is 8.92. The van der Waals surface area contributed by atoms with E-state index >= 15 is 0 Å². The number of alkyl halides is 4. The van der Waals surface area contributed by atoms with Crippen LogP contribution in [-0.4, -0.2) is 51.3 Å². The highest BCUT2D eigenvalue weighted by Crippen LogP contribution is 2.36. The number of hydrogen-bond donors (Lipinski definition) is 3. The smallest absolute Gasteiger partial charge is 0.402 e. The van der Waals surface area contributed by atoms with Crippen molar-refractivity contribution < 1.29 is 27.1 Å². The van der Waals surface area contributed by atoms with Crippen LogP contribution < -0.4 is 10.6 Å². The molecule has 35 heavy (non-hydrogen) atoms. The average Bonchev–Trinajstić information content (AvgIpc) is 3.38. The minimum Gasteiger partial charge on any atom is -0.402 e. The van der Waals surface area contributed by atoms with Crippen LogP contribution in [0.3, 0.4) is 0 Å². The topological polar surface area (TPSA) is 96.1 Å². The predicted octanol–water partition coefficient (Wildman–Crippen LogP) is 5.53. The molecule has 2 heterocycles. The Morgan fingerprint density at radius 3 is 2.54 bits per heavy atom. The van der Waals surface area contributed by atoms with Crippen LogP contribution in [0.5, 0.6) is 0 Å². The van der Waals surface area contributed by atoms with Crippen molar-refractivity contribution in [2.24, 2.45) is 0 Å². The van der Waals surface area contributed by atoms with Gasteiger partial charge in [-0.05, 0) is 60.9 Å². The minimum absolute atomic E-state index is 0.149. The summed E-state index contributed by atoms with van der Waals surface area (Å²) in [5.41, 5.74) is 1.29. The van der Waals surface area contributed by atoms with E-state index in [4.69, 9.17) is 9.40 Å². The highest BCUT2D eigenvalue weighted by atomic mass is 19.4. The number of hydrogen-bond acceptors (Lipinski definition) is 7. The van der Waals surface area contributed by atoms with Crippen LogP contribution in [0.4, 0.5) is 29.3 Å². The molecule has 0 bridgehead atoms. The molecule has 2 atom stereocenters. The summed E-state index contributed by atoms with van der Waals surface area (Å²) in [6.07, 6.45) is -3.16. The third-order valence-electron chi connectivity index (χ3n) is 6.23. The van der Waals surface area contributed by atoms with Gasteiger partial charge in [0.05, 0.1) is 11.1 Å². The van der Waals surface area contributed by atoms with Crippen LogP contribution >= 0.6 is 0 Å². The van der Waals surface area contributed by atoms with Gasteiger partial charge >= 0.3 is 12.2 Å². The van der Waals surface area contributed by atoms with Crippen LogP contribution in [0.25, 0.3) is 22.5 Å². The number of anilines is 2. The fraction of sp³-hybridized carbons (Fsp3) is 0.542. The predicted molar refractivity (Wildman–Crippen MR) is 125 cm³/mol. The van der Waals surface area contributed by atoms with Crippen molar-refractivity contribution in [1.82, 2.24) is 15.2 Å². The number of rotatable bonds is 6. The van der Waals surface area contributed by atoms with Gasteiger partial charge in [-0.1, -0.05) is 25.9 Å². The molecular weight excluding hydrogens is 466 g/mol. The van der Waals surface area contributed by atoms with E-state index in [1.165, 1.54) is 0 Å². The quantitative estimate of drug-likeness (QED) is 0.387. The van der Waals surface area contributed by atoms with E-state index < -0.39 is 30.4 Å². The molecule has 0 saturated heterocycles. The first-order valence-corrected chi connectivity index (χ1v) is 11.4. The lowest BCUT2D eigenvalue weighted by Gasteiger charge is -2.23. The number of pyridine rings is 1. The van der Waals surface area contributed by atoms with E-state index in [2.05, 4.69) is 20.8 Å². The normalized spacial score (nSPS) is 21.0. The summed E-state index contributed by atoms with van der Waals surface area (Å²) in [6.45, 7) is 5.81. The number of benzene rings is 1. The van der Waals surface area contributed by atoms with Gasteiger partial charge in [-0.15, -0.1) is 5.10 Å². The van der Waals surface area contributed by atoms with Gasteiger partial charge in [-0.25, -0.2) is 9.37 Å². The molecule has 1 aliphatic carbocycles.